The summed E-state index contributed by atoms with van der Waals surface area (Å²) in [4.78, 5) is 0. The van der Waals surface area contributed by atoms with Crippen molar-refractivity contribution in [2.24, 2.45) is 0 Å². The van der Waals surface area contributed by atoms with Crippen molar-refractivity contribution in [3.05, 3.63) is 145 Å². The van der Waals surface area contributed by atoms with E-state index in [2.05, 4.69) is 69.8 Å². The van der Waals surface area contributed by atoms with Gasteiger partial charge in [-0.3, -0.25) is 0 Å². The third kappa shape index (κ3) is 3.29. The number of furan rings is 2. The number of nitriles is 2. The van der Waals surface area contributed by atoms with Crippen molar-refractivity contribution in [3.8, 4) is 23.5 Å². The predicted molar refractivity (Wildman–Crippen MR) is 199 cm³/mol. The zero-order valence-electron chi connectivity index (χ0n) is 26.3. The highest BCUT2D eigenvalue weighted by Crippen LogP contribution is 2.46. The minimum atomic E-state index is 0.446. The van der Waals surface area contributed by atoms with Crippen LogP contribution in [-0.2, 0) is 0 Å². The van der Waals surface area contributed by atoms with Gasteiger partial charge >= 0.3 is 0 Å². The number of hydrogen-bond acceptors (Lipinski definition) is 4. The summed E-state index contributed by atoms with van der Waals surface area (Å²) in [7, 11) is 0. The third-order valence-electron chi connectivity index (χ3n) is 10.2. The average molecular weight is 639 g/mol. The van der Waals surface area contributed by atoms with E-state index >= 15 is 0 Å². The summed E-state index contributed by atoms with van der Waals surface area (Å²) in [5.74, 6) is 0. The predicted octanol–water partition coefficient (Wildman–Crippen LogP) is 11.4. The van der Waals surface area contributed by atoms with E-state index in [1.54, 1.807) is 12.1 Å². The molecule has 6 heteroatoms. The van der Waals surface area contributed by atoms with Gasteiger partial charge in [0.1, 0.15) is 34.5 Å². The van der Waals surface area contributed by atoms with Crippen molar-refractivity contribution < 1.29 is 8.83 Å². The first-order chi connectivity index (χ1) is 24.7. The van der Waals surface area contributed by atoms with Crippen LogP contribution in [0.3, 0.4) is 0 Å². The Bertz CT molecular complexity index is 3130. The summed E-state index contributed by atoms with van der Waals surface area (Å²) in [6.07, 6.45) is 0. The van der Waals surface area contributed by atoms with Crippen LogP contribution in [0.2, 0.25) is 0 Å². The first-order valence-corrected chi connectivity index (χ1v) is 16.4. The maximum Gasteiger partial charge on any atom is 0.137 e. The highest BCUT2D eigenvalue weighted by molar-refractivity contribution is 6.26. The van der Waals surface area contributed by atoms with Crippen molar-refractivity contribution >= 4 is 87.5 Å². The van der Waals surface area contributed by atoms with Crippen molar-refractivity contribution in [2.75, 3.05) is 0 Å². The lowest BCUT2D eigenvalue weighted by Gasteiger charge is -2.20. The van der Waals surface area contributed by atoms with Crippen molar-refractivity contribution in [3.63, 3.8) is 0 Å². The SMILES string of the molecule is N#Cc1ccc(C#N)c(-n2c3ccccc3c3ccc4oc5ccccc5c4c32)c1-n1c2ccccc2c2ccc3oc4ccccc4c3c21. The highest BCUT2D eigenvalue weighted by atomic mass is 16.3. The van der Waals surface area contributed by atoms with Crippen LogP contribution >= 0.6 is 0 Å². The van der Waals surface area contributed by atoms with E-state index in [9.17, 15) is 10.5 Å². The smallest absolute Gasteiger partial charge is 0.137 e. The largest absolute Gasteiger partial charge is 0.456 e. The van der Waals surface area contributed by atoms with Gasteiger partial charge in [-0.05, 0) is 60.7 Å². The number of fused-ring (bicyclic) bond motifs is 14. The quantitative estimate of drug-likeness (QED) is 0.189. The number of nitrogens with zero attached hydrogens (tertiary/aromatic N) is 4. The topological polar surface area (TPSA) is 83.7 Å². The second kappa shape index (κ2) is 9.64. The summed E-state index contributed by atoms with van der Waals surface area (Å²) >= 11 is 0. The Morgan fingerprint density at radius 2 is 0.780 bits per heavy atom. The molecule has 0 atom stereocenters. The molecule has 0 N–H and O–H groups in total. The highest BCUT2D eigenvalue weighted by Gasteiger charge is 2.28. The second-order valence-electron chi connectivity index (χ2n) is 12.7. The average Bonchev–Trinajstić information content (AvgIpc) is 3.91. The van der Waals surface area contributed by atoms with Crippen molar-refractivity contribution in [2.45, 2.75) is 0 Å². The molecule has 4 aromatic heterocycles. The maximum absolute atomic E-state index is 10.9. The van der Waals surface area contributed by atoms with Crippen LogP contribution in [0.1, 0.15) is 11.1 Å². The standard InChI is InChI=1S/C44H22N4O2/c45-23-25-17-18-26(24-46)42(48-34-14-6-2-10-28(34)30-20-22-38-40(44(30)48)32-12-4-8-16-36(32)50-38)41(25)47-33-13-5-1-9-27(33)29-19-21-37-39(43(29)47)31-11-3-7-15-35(31)49-37/h1-22H. The first-order valence-electron chi connectivity index (χ1n) is 16.4. The molecule has 0 saturated heterocycles. The molecular weight excluding hydrogens is 617 g/mol. The number of hydrogen-bond donors (Lipinski definition) is 0. The second-order valence-corrected chi connectivity index (χ2v) is 12.7. The monoisotopic (exact) mass is 638 g/mol. The molecule has 230 valence electrons. The van der Waals surface area contributed by atoms with Crippen LogP contribution < -0.4 is 0 Å². The molecule has 4 heterocycles. The summed E-state index contributed by atoms with van der Waals surface area (Å²) < 4.78 is 17.2. The summed E-state index contributed by atoms with van der Waals surface area (Å²) in [5, 5.41) is 29.8. The van der Waals surface area contributed by atoms with E-state index < -0.39 is 0 Å². The summed E-state index contributed by atoms with van der Waals surface area (Å²) in [6, 6.07) is 49.4. The molecule has 7 aromatic carbocycles. The Balaban J connectivity index is 1.43. The van der Waals surface area contributed by atoms with Gasteiger partial charge < -0.3 is 18.0 Å². The minimum Gasteiger partial charge on any atom is -0.456 e. The normalized spacial score (nSPS) is 12.0. The Labute approximate surface area is 283 Å². The summed E-state index contributed by atoms with van der Waals surface area (Å²) in [6.45, 7) is 0. The Kier molecular flexibility index (Phi) is 5.16. The molecule has 50 heavy (non-hydrogen) atoms. The van der Waals surface area contributed by atoms with Crippen molar-refractivity contribution in [1.82, 2.24) is 9.13 Å². The fraction of sp³-hybridized carbons (Fsp3) is 0. The van der Waals surface area contributed by atoms with Gasteiger partial charge in [0.2, 0.25) is 0 Å². The molecule has 6 nitrogen and oxygen atoms in total. The van der Waals surface area contributed by atoms with Crippen LogP contribution in [0.25, 0.3) is 98.9 Å². The molecule has 0 saturated carbocycles. The zero-order valence-corrected chi connectivity index (χ0v) is 26.3. The van der Waals surface area contributed by atoms with Crippen molar-refractivity contribution in [1.29, 1.82) is 10.5 Å². The molecular formula is C44H22N4O2. The molecule has 0 unspecified atom stereocenters. The van der Waals surface area contributed by atoms with Gasteiger partial charge in [0.15, 0.2) is 0 Å². The van der Waals surface area contributed by atoms with E-state index in [0.717, 1.165) is 87.5 Å². The summed E-state index contributed by atoms with van der Waals surface area (Å²) in [5.41, 5.74) is 8.91. The lowest BCUT2D eigenvalue weighted by atomic mass is 10.0. The molecule has 0 aliphatic heterocycles. The molecule has 0 aliphatic rings. The van der Waals surface area contributed by atoms with Gasteiger partial charge in [0, 0.05) is 32.3 Å². The lowest BCUT2D eigenvalue weighted by Crippen LogP contribution is -2.08. The number of rotatable bonds is 2. The molecule has 0 bridgehead atoms. The Morgan fingerprint density at radius 3 is 1.22 bits per heavy atom. The Morgan fingerprint density at radius 1 is 0.380 bits per heavy atom. The van der Waals surface area contributed by atoms with Gasteiger partial charge in [-0.25, -0.2) is 0 Å². The molecule has 0 spiro atoms. The van der Waals surface area contributed by atoms with Crippen LogP contribution in [-0.4, -0.2) is 9.13 Å². The van der Waals surface area contributed by atoms with E-state index in [1.807, 2.05) is 72.8 Å². The number of para-hydroxylation sites is 4. The van der Waals surface area contributed by atoms with E-state index in [1.165, 1.54) is 0 Å². The fourth-order valence-corrected chi connectivity index (χ4v) is 8.21. The van der Waals surface area contributed by atoms with Crippen LogP contribution in [0.15, 0.2) is 142 Å². The Hall–Kier alpha value is -7.28. The number of aromatic nitrogens is 2. The van der Waals surface area contributed by atoms with Gasteiger partial charge in [-0.15, -0.1) is 0 Å². The fourth-order valence-electron chi connectivity index (χ4n) is 8.21. The molecule has 0 amide bonds. The first kappa shape index (κ1) is 26.8. The van der Waals surface area contributed by atoms with E-state index in [-0.39, 0.29) is 0 Å². The molecule has 0 fully saturated rings. The van der Waals surface area contributed by atoms with Crippen LogP contribution in [0.5, 0.6) is 0 Å². The van der Waals surface area contributed by atoms with Gasteiger partial charge in [0.05, 0.1) is 55.3 Å². The third-order valence-corrected chi connectivity index (χ3v) is 10.2. The molecule has 0 radical (unpaired) electrons. The molecule has 0 aliphatic carbocycles. The van der Waals surface area contributed by atoms with Crippen LogP contribution in [0, 0.1) is 22.7 Å². The number of benzene rings is 7. The van der Waals surface area contributed by atoms with E-state index in [0.29, 0.717) is 22.5 Å². The van der Waals surface area contributed by atoms with Crippen LogP contribution in [0.4, 0.5) is 0 Å². The lowest BCUT2D eigenvalue weighted by molar-refractivity contribution is 0.669. The van der Waals surface area contributed by atoms with E-state index in [4.69, 9.17) is 8.83 Å². The van der Waals surface area contributed by atoms with Gasteiger partial charge in [-0.2, -0.15) is 10.5 Å². The maximum atomic E-state index is 10.9. The van der Waals surface area contributed by atoms with Gasteiger partial charge in [0.25, 0.3) is 0 Å². The van der Waals surface area contributed by atoms with Gasteiger partial charge in [-0.1, -0.05) is 72.8 Å². The zero-order chi connectivity index (χ0) is 33.1. The molecule has 11 rings (SSSR count). The minimum absolute atomic E-state index is 0.446. The molecule has 11 aromatic rings.